The van der Waals surface area contributed by atoms with Crippen LogP contribution in [0.5, 0.6) is 0 Å². The van der Waals surface area contributed by atoms with Gasteiger partial charge in [-0.1, -0.05) is 41.5 Å². The summed E-state index contributed by atoms with van der Waals surface area (Å²) in [6.07, 6.45) is 2.00. The Morgan fingerprint density at radius 3 is 2.39 bits per heavy atom. The van der Waals surface area contributed by atoms with Gasteiger partial charge in [0.25, 0.3) is 5.91 Å². The van der Waals surface area contributed by atoms with Crippen molar-refractivity contribution in [3.63, 3.8) is 0 Å². The zero-order valence-corrected chi connectivity index (χ0v) is 13.4. The first-order chi connectivity index (χ1) is 11.1. The second kappa shape index (κ2) is 4.98. The first-order valence-electron chi connectivity index (χ1n) is 8.05. The van der Waals surface area contributed by atoms with Gasteiger partial charge >= 0.3 is 0 Å². The zero-order chi connectivity index (χ0) is 16.0. The van der Waals surface area contributed by atoms with Gasteiger partial charge in [-0.3, -0.25) is 4.79 Å². The zero-order valence-electron chi connectivity index (χ0n) is 13.4. The Morgan fingerprint density at radius 1 is 1.00 bits per heavy atom. The molecule has 1 aliphatic rings. The van der Waals surface area contributed by atoms with Crippen molar-refractivity contribution < 1.29 is 4.79 Å². The van der Waals surface area contributed by atoms with E-state index >= 15 is 0 Å². The highest BCUT2D eigenvalue weighted by Crippen LogP contribution is 2.45. The molecule has 0 radical (unpaired) electrons. The molecule has 0 aliphatic heterocycles. The van der Waals surface area contributed by atoms with Crippen molar-refractivity contribution in [3.05, 3.63) is 70.9 Å². The van der Waals surface area contributed by atoms with E-state index in [1.54, 1.807) is 0 Å². The minimum Gasteiger partial charge on any atom is -0.351 e. The lowest BCUT2D eigenvalue weighted by atomic mass is 10.0. The number of carbonyl (C=O) groups excluding carboxylic acids is 1. The van der Waals surface area contributed by atoms with Crippen molar-refractivity contribution in [2.45, 2.75) is 32.2 Å². The topological polar surface area (TPSA) is 44.9 Å². The third kappa shape index (κ3) is 2.52. The average Bonchev–Trinajstić information content (AvgIpc) is 3.18. The van der Waals surface area contributed by atoms with Gasteiger partial charge < -0.3 is 10.3 Å². The molecule has 1 amide bonds. The molecule has 2 N–H and O–H groups in total. The number of hydrogen-bond acceptors (Lipinski definition) is 1. The van der Waals surface area contributed by atoms with Crippen molar-refractivity contribution in [3.8, 4) is 0 Å². The van der Waals surface area contributed by atoms with Crippen LogP contribution < -0.4 is 5.32 Å². The van der Waals surface area contributed by atoms with Gasteiger partial charge in [-0.2, -0.15) is 0 Å². The summed E-state index contributed by atoms with van der Waals surface area (Å²) >= 11 is 0. The molecule has 0 atom stereocenters. The molecular weight excluding hydrogens is 284 g/mol. The number of aromatic nitrogens is 1. The van der Waals surface area contributed by atoms with E-state index in [0.29, 0.717) is 5.69 Å². The summed E-state index contributed by atoms with van der Waals surface area (Å²) in [7, 11) is 0. The van der Waals surface area contributed by atoms with E-state index < -0.39 is 0 Å². The van der Waals surface area contributed by atoms with Crippen molar-refractivity contribution in [1.82, 2.24) is 10.3 Å². The van der Waals surface area contributed by atoms with Gasteiger partial charge in [-0.05, 0) is 50.5 Å². The Morgan fingerprint density at radius 2 is 1.70 bits per heavy atom. The third-order valence-electron chi connectivity index (χ3n) is 4.73. The van der Waals surface area contributed by atoms with Crippen LogP contribution in [-0.4, -0.2) is 10.9 Å². The summed E-state index contributed by atoms with van der Waals surface area (Å²) in [5, 5.41) is 4.30. The molecule has 2 aromatic carbocycles. The van der Waals surface area contributed by atoms with E-state index in [2.05, 4.69) is 60.5 Å². The average molecular weight is 304 g/mol. The van der Waals surface area contributed by atoms with Crippen molar-refractivity contribution in [2.24, 2.45) is 0 Å². The lowest BCUT2D eigenvalue weighted by molar-refractivity contribution is 0.0926. The molecule has 0 unspecified atom stereocenters. The number of fused-ring (bicyclic) bond motifs is 1. The van der Waals surface area contributed by atoms with E-state index in [1.807, 2.05) is 12.1 Å². The van der Waals surface area contributed by atoms with Gasteiger partial charge in [-0.15, -0.1) is 0 Å². The number of hydrogen-bond donors (Lipinski definition) is 2. The molecule has 1 aromatic heterocycles. The van der Waals surface area contributed by atoms with Crippen molar-refractivity contribution in [1.29, 1.82) is 0 Å². The molecule has 0 bridgehead atoms. The molecule has 1 heterocycles. The molecule has 116 valence electrons. The van der Waals surface area contributed by atoms with Gasteiger partial charge in [0.15, 0.2) is 0 Å². The predicted molar refractivity (Wildman–Crippen MR) is 92.6 cm³/mol. The maximum absolute atomic E-state index is 12.7. The van der Waals surface area contributed by atoms with Crippen LogP contribution in [0.3, 0.4) is 0 Å². The first-order valence-corrected chi connectivity index (χ1v) is 8.05. The third-order valence-corrected chi connectivity index (χ3v) is 4.73. The number of amides is 1. The highest BCUT2D eigenvalue weighted by Gasteiger charge is 2.45. The molecule has 3 aromatic rings. The molecule has 23 heavy (non-hydrogen) atoms. The Balaban J connectivity index is 1.60. The number of aryl methyl sites for hydroxylation is 2. The van der Waals surface area contributed by atoms with E-state index in [1.165, 1.54) is 16.7 Å². The summed E-state index contributed by atoms with van der Waals surface area (Å²) in [5.41, 5.74) is 5.08. The molecule has 3 heteroatoms. The SMILES string of the molecule is Cc1ccc(C2(NC(=O)c3cc4cc(C)ccc4[nH]3)CC2)cc1. The molecule has 4 rings (SSSR count). The second-order valence-electron chi connectivity index (χ2n) is 6.68. The van der Waals surface area contributed by atoms with Crippen LogP contribution in [0.25, 0.3) is 10.9 Å². The van der Waals surface area contributed by atoms with E-state index in [9.17, 15) is 4.79 Å². The number of rotatable bonds is 3. The largest absolute Gasteiger partial charge is 0.351 e. The second-order valence-corrected chi connectivity index (χ2v) is 6.68. The lowest BCUT2D eigenvalue weighted by Crippen LogP contribution is -2.35. The van der Waals surface area contributed by atoms with Crippen molar-refractivity contribution >= 4 is 16.8 Å². The molecule has 0 saturated heterocycles. The van der Waals surface area contributed by atoms with Crippen LogP contribution in [-0.2, 0) is 5.54 Å². The Labute approximate surface area is 135 Å². The monoisotopic (exact) mass is 304 g/mol. The minimum atomic E-state index is -0.183. The van der Waals surface area contributed by atoms with E-state index in [0.717, 1.165) is 23.7 Å². The van der Waals surface area contributed by atoms with Crippen molar-refractivity contribution in [2.75, 3.05) is 0 Å². The number of aromatic amines is 1. The summed E-state index contributed by atoms with van der Waals surface area (Å²) in [6.45, 7) is 4.14. The van der Waals surface area contributed by atoms with Crippen LogP contribution in [0.4, 0.5) is 0 Å². The molecule has 1 fully saturated rings. The maximum atomic E-state index is 12.7. The van der Waals surface area contributed by atoms with Gasteiger partial charge in [-0.25, -0.2) is 0 Å². The normalized spacial score (nSPS) is 15.6. The number of carbonyl (C=O) groups is 1. The van der Waals surface area contributed by atoms with Crippen LogP contribution in [0.1, 0.15) is 40.0 Å². The molecule has 3 nitrogen and oxygen atoms in total. The molecule has 0 spiro atoms. The van der Waals surface area contributed by atoms with E-state index in [4.69, 9.17) is 0 Å². The maximum Gasteiger partial charge on any atom is 0.268 e. The van der Waals surface area contributed by atoms with Crippen LogP contribution in [0, 0.1) is 13.8 Å². The quantitative estimate of drug-likeness (QED) is 0.748. The summed E-state index contributed by atoms with van der Waals surface area (Å²) < 4.78 is 0. The standard InChI is InChI=1S/C20H20N2O/c1-13-3-6-16(7-4-13)20(9-10-20)22-19(23)18-12-15-11-14(2)5-8-17(15)21-18/h3-8,11-12,21H,9-10H2,1-2H3,(H,22,23). The Bertz CT molecular complexity index is 886. The fourth-order valence-electron chi connectivity index (χ4n) is 3.14. The molecule has 1 aliphatic carbocycles. The summed E-state index contributed by atoms with van der Waals surface area (Å²) in [4.78, 5) is 15.9. The molecule has 1 saturated carbocycles. The Hall–Kier alpha value is -2.55. The fraction of sp³-hybridized carbons (Fsp3) is 0.250. The molecular formula is C20H20N2O. The summed E-state index contributed by atoms with van der Waals surface area (Å²) in [5.74, 6) is -0.0306. The van der Waals surface area contributed by atoms with Gasteiger partial charge in [0.05, 0.1) is 5.54 Å². The van der Waals surface area contributed by atoms with Crippen LogP contribution >= 0.6 is 0 Å². The predicted octanol–water partition coefficient (Wildman–Crippen LogP) is 4.20. The van der Waals surface area contributed by atoms with Gasteiger partial charge in [0, 0.05) is 10.9 Å². The van der Waals surface area contributed by atoms with Gasteiger partial charge in [0.2, 0.25) is 0 Å². The minimum absolute atomic E-state index is 0.0306. The highest BCUT2D eigenvalue weighted by atomic mass is 16.2. The summed E-state index contributed by atoms with van der Waals surface area (Å²) in [6, 6.07) is 16.6. The smallest absolute Gasteiger partial charge is 0.268 e. The Kier molecular flexibility index (Phi) is 3.05. The van der Waals surface area contributed by atoms with Gasteiger partial charge in [0.1, 0.15) is 5.69 Å². The van der Waals surface area contributed by atoms with E-state index in [-0.39, 0.29) is 11.4 Å². The lowest BCUT2D eigenvalue weighted by Gasteiger charge is -2.17. The fourth-order valence-corrected chi connectivity index (χ4v) is 3.14. The van der Waals surface area contributed by atoms with Crippen LogP contribution in [0.2, 0.25) is 0 Å². The first kappa shape index (κ1) is 14.1. The van der Waals surface area contributed by atoms with Crippen LogP contribution in [0.15, 0.2) is 48.5 Å². The highest BCUT2D eigenvalue weighted by molar-refractivity contribution is 5.98. The number of nitrogens with one attached hydrogen (secondary N) is 2. The number of H-pyrrole nitrogens is 1. The number of benzene rings is 2.